The molecule has 9 nitrogen and oxygen atoms in total. The van der Waals surface area contributed by atoms with Gasteiger partial charge in [-0.25, -0.2) is 4.52 Å². The lowest BCUT2D eigenvalue weighted by Crippen LogP contribution is -2.46. The third-order valence-electron chi connectivity index (χ3n) is 8.60. The number of benzene rings is 3. The Hall–Kier alpha value is -5.04. The predicted octanol–water partition coefficient (Wildman–Crippen LogP) is 6.54. The van der Waals surface area contributed by atoms with Gasteiger partial charge in [-0.15, -0.1) is 5.10 Å². The molecule has 6 aromatic rings. The summed E-state index contributed by atoms with van der Waals surface area (Å²) in [5.74, 6) is -0.561. The van der Waals surface area contributed by atoms with Crippen LogP contribution in [-0.4, -0.2) is 46.4 Å². The van der Waals surface area contributed by atoms with Gasteiger partial charge in [0.05, 0.1) is 41.1 Å². The van der Waals surface area contributed by atoms with Gasteiger partial charge >= 0.3 is 6.18 Å². The van der Waals surface area contributed by atoms with Crippen molar-refractivity contribution in [2.45, 2.75) is 45.5 Å². The second kappa shape index (κ2) is 11.6. The van der Waals surface area contributed by atoms with E-state index in [1.807, 2.05) is 61.5 Å². The molecule has 238 valence electrons. The zero-order valence-electron chi connectivity index (χ0n) is 25.2. The summed E-state index contributed by atoms with van der Waals surface area (Å²) in [5.41, 5.74) is 5.15. The molecule has 1 amide bonds. The number of H-pyrrole nitrogens is 1. The highest BCUT2D eigenvalue weighted by Crippen LogP contribution is 2.36. The fraction of sp³-hybridized carbons (Fsp3) is 0.206. The van der Waals surface area contributed by atoms with Crippen molar-refractivity contribution in [2.75, 3.05) is 0 Å². The summed E-state index contributed by atoms with van der Waals surface area (Å²) in [6.07, 6.45) is -2.22. The molecule has 0 unspecified atom stereocenters. The summed E-state index contributed by atoms with van der Waals surface area (Å²) in [7, 11) is 0. The fourth-order valence-electron chi connectivity index (χ4n) is 6.21. The van der Waals surface area contributed by atoms with E-state index in [0.717, 1.165) is 34.1 Å². The molecule has 1 aliphatic heterocycles. The normalized spacial score (nSPS) is 14.9. The first-order chi connectivity index (χ1) is 22.5. The molecule has 0 bridgehead atoms. The summed E-state index contributed by atoms with van der Waals surface area (Å²) < 4.78 is 44.2. The first kappa shape index (κ1) is 30.6. The molecule has 0 radical (unpaired) electrons. The number of halogens is 4. The smallest absolute Gasteiger partial charge is 0.330 e. The lowest BCUT2D eigenvalue weighted by Gasteiger charge is -2.35. The van der Waals surface area contributed by atoms with Gasteiger partial charge in [0.2, 0.25) is 0 Å². The lowest BCUT2D eigenvalue weighted by atomic mass is 9.97. The van der Waals surface area contributed by atoms with Crippen LogP contribution in [0.1, 0.15) is 50.9 Å². The number of amides is 1. The summed E-state index contributed by atoms with van der Waals surface area (Å²) >= 11 is 2.95. The van der Waals surface area contributed by atoms with Gasteiger partial charge in [0.1, 0.15) is 5.65 Å². The van der Waals surface area contributed by atoms with Gasteiger partial charge in [-0.1, -0.05) is 63.6 Å². The second-order valence-corrected chi connectivity index (χ2v) is 12.5. The van der Waals surface area contributed by atoms with Crippen LogP contribution in [0, 0.1) is 6.92 Å². The Bertz CT molecular complexity index is 2210. The van der Waals surface area contributed by atoms with Crippen molar-refractivity contribution < 1.29 is 18.0 Å². The van der Waals surface area contributed by atoms with Gasteiger partial charge in [0.25, 0.3) is 11.5 Å². The number of aryl methyl sites for hydroxylation is 1. The Balaban J connectivity index is 1.36. The number of hydrogen-bond acceptors (Lipinski definition) is 5. The number of fused-ring (bicyclic) bond motifs is 3. The largest absolute Gasteiger partial charge is 0.417 e. The Morgan fingerprint density at radius 3 is 2.49 bits per heavy atom. The Morgan fingerprint density at radius 1 is 1.06 bits per heavy atom. The van der Waals surface area contributed by atoms with Gasteiger partial charge in [0, 0.05) is 39.2 Å². The number of carbonyl (C=O) groups is 1. The Labute approximate surface area is 274 Å². The standard InChI is InChI=1S/C34H27BrF3N7O2/c1-19-14-26-29(18-43(19)32(46)23-10-13-28(35)27(16-23)34(36,37)38)45-31(24(17-39-45)15-21-6-4-3-5-7-21)44(33(26)47)25-11-8-22(9-12-25)30-20(2)40-42-41-30/h3-13,16-17,19H,14-15,18H2,1-2H3,(H,40,41,42)/t19-/m1/s1. The quantitative estimate of drug-likeness (QED) is 0.220. The first-order valence-electron chi connectivity index (χ1n) is 14.8. The number of aromatic nitrogens is 6. The van der Waals surface area contributed by atoms with Crippen LogP contribution >= 0.6 is 15.9 Å². The minimum Gasteiger partial charge on any atom is -0.330 e. The Kier molecular flexibility index (Phi) is 7.58. The van der Waals surface area contributed by atoms with E-state index in [9.17, 15) is 22.8 Å². The van der Waals surface area contributed by atoms with Crippen LogP contribution in [0.15, 0.2) is 88.3 Å². The minimum absolute atomic E-state index is 0.00315. The molecule has 4 heterocycles. The molecule has 0 saturated carbocycles. The average Bonchev–Trinajstić information content (AvgIpc) is 3.67. The molecule has 1 atom stereocenters. The highest BCUT2D eigenvalue weighted by atomic mass is 79.9. The Morgan fingerprint density at radius 2 is 1.81 bits per heavy atom. The van der Waals surface area contributed by atoms with Gasteiger partial charge in [-0.2, -0.15) is 18.3 Å². The van der Waals surface area contributed by atoms with Crippen molar-refractivity contribution in [2.24, 2.45) is 0 Å². The van der Waals surface area contributed by atoms with Crippen LogP contribution in [0.2, 0.25) is 0 Å². The molecule has 0 spiro atoms. The molecular formula is C34H27BrF3N7O2. The van der Waals surface area contributed by atoms with Crippen molar-refractivity contribution in [1.82, 2.24) is 34.5 Å². The van der Waals surface area contributed by atoms with E-state index < -0.39 is 23.7 Å². The van der Waals surface area contributed by atoms with Crippen LogP contribution in [-0.2, 0) is 25.6 Å². The molecule has 1 aliphatic rings. The molecule has 1 N–H and O–H groups in total. The predicted molar refractivity (Wildman–Crippen MR) is 172 cm³/mol. The SMILES string of the molecule is Cc1nn[nH]c1-c1ccc(-n2c(=O)c3c(n4ncc(Cc5ccccc5)c24)CN(C(=O)c2ccc(Br)c(C(F)(F)F)c2)[C@H](C)C3)cc1. The summed E-state index contributed by atoms with van der Waals surface area (Å²) in [6, 6.07) is 20.3. The number of nitrogens with zero attached hydrogens (tertiary/aromatic N) is 6. The van der Waals surface area contributed by atoms with E-state index in [-0.39, 0.29) is 28.6 Å². The van der Waals surface area contributed by atoms with E-state index in [1.165, 1.54) is 17.0 Å². The molecular weight excluding hydrogens is 675 g/mol. The van der Waals surface area contributed by atoms with Crippen molar-refractivity contribution in [1.29, 1.82) is 0 Å². The number of alkyl halides is 3. The van der Waals surface area contributed by atoms with Crippen LogP contribution in [0.25, 0.3) is 22.6 Å². The van der Waals surface area contributed by atoms with E-state index >= 15 is 0 Å². The molecule has 0 fully saturated rings. The number of carbonyl (C=O) groups excluding carboxylic acids is 1. The van der Waals surface area contributed by atoms with Crippen LogP contribution < -0.4 is 5.56 Å². The van der Waals surface area contributed by atoms with Crippen molar-refractivity contribution >= 4 is 27.5 Å². The molecule has 47 heavy (non-hydrogen) atoms. The van der Waals surface area contributed by atoms with E-state index in [4.69, 9.17) is 5.10 Å². The highest BCUT2D eigenvalue weighted by Gasteiger charge is 2.36. The maximum absolute atomic E-state index is 14.4. The monoisotopic (exact) mass is 701 g/mol. The third-order valence-corrected chi connectivity index (χ3v) is 9.29. The maximum Gasteiger partial charge on any atom is 0.417 e. The topological polar surface area (TPSA) is 101 Å². The molecule has 3 aromatic heterocycles. The second-order valence-electron chi connectivity index (χ2n) is 11.6. The summed E-state index contributed by atoms with van der Waals surface area (Å²) in [4.78, 5) is 29.7. The van der Waals surface area contributed by atoms with Gasteiger partial charge in [0.15, 0.2) is 0 Å². The zero-order chi connectivity index (χ0) is 33.0. The van der Waals surface area contributed by atoms with Crippen LogP contribution in [0.3, 0.4) is 0 Å². The van der Waals surface area contributed by atoms with Gasteiger partial charge in [-0.05, 0) is 56.2 Å². The van der Waals surface area contributed by atoms with Gasteiger partial charge < -0.3 is 4.90 Å². The zero-order valence-corrected chi connectivity index (χ0v) is 26.8. The van der Waals surface area contributed by atoms with Gasteiger partial charge in [-0.3, -0.25) is 19.3 Å². The maximum atomic E-state index is 14.4. The van der Waals surface area contributed by atoms with Crippen molar-refractivity contribution in [3.8, 4) is 16.9 Å². The van der Waals surface area contributed by atoms with E-state index in [2.05, 4.69) is 31.3 Å². The molecule has 0 saturated heterocycles. The van der Waals surface area contributed by atoms with E-state index in [1.54, 1.807) is 22.2 Å². The lowest BCUT2D eigenvalue weighted by molar-refractivity contribution is -0.138. The number of hydrogen-bond donors (Lipinski definition) is 1. The third kappa shape index (κ3) is 5.43. The number of rotatable bonds is 5. The minimum atomic E-state index is -4.64. The summed E-state index contributed by atoms with van der Waals surface area (Å²) in [5, 5.41) is 15.5. The molecule has 13 heteroatoms. The number of aromatic amines is 1. The van der Waals surface area contributed by atoms with Crippen LogP contribution in [0.5, 0.6) is 0 Å². The molecule has 7 rings (SSSR count). The van der Waals surface area contributed by atoms with E-state index in [0.29, 0.717) is 29.0 Å². The van der Waals surface area contributed by atoms with Crippen molar-refractivity contribution in [3.05, 3.63) is 133 Å². The fourth-order valence-corrected chi connectivity index (χ4v) is 6.68. The average molecular weight is 703 g/mol. The highest BCUT2D eigenvalue weighted by molar-refractivity contribution is 9.10. The van der Waals surface area contributed by atoms with Crippen molar-refractivity contribution in [3.63, 3.8) is 0 Å². The first-order valence-corrected chi connectivity index (χ1v) is 15.6. The number of nitrogens with one attached hydrogen (secondary N) is 1. The molecule has 0 aliphatic carbocycles. The van der Waals surface area contributed by atoms with Crippen LogP contribution in [0.4, 0.5) is 13.2 Å². The summed E-state index contributed by atoms with van der Waals surface area (Å²) in [6.45, 7) is 3.64. The molecule has 3 aromatic carbocycles.